The fraction of sp³-hybridized carbons (Fsp3) is 0.286. The third kappa shape index (κ3) is 2.07. The van der Waals surface area contributed by atoms with Crippen LogP contribution in [0.4, 0.5) is 0 Å². The molecular formula is C7H7BrClNO. The van der Waals surface area contributed by atoms with Gasteiger partial charge in [0.25, 0.3) is 0 Å². The zero-order valence-corrected chi connectivity index (χ0v) is 8.32. The Bertz CT molecular complexity index is 254. The molecule has 11 heavy (non-hydrogen) atoms. The van der Waals surface area contributed by atoms with Crippen LogP contribution < -0.4 is 4.74 Å². The number of ether oxygens (including phenoxy) is 1. The van der Waals surface area contributed by atoms with Crippen LogP contribution in [0.5, 0.6) is 5.88 Å². The lowest BCUT2D eigenvalue weighted by Crippen LogP contribution is -1.94. The summed E-state index contributed by atoms with van der Waals surface area (Å²) in [5.41, 5.74) is 0. The maximum Gasteiger partial charge on any atom is 0.229 e. The van der Waals surface area contributed by atoms with Gasteiger partial charge in [0.05, 0.1) is 16.1 Å². The second kappa shape index (κ2) is 3.93. The van der Waals surface area contributed by atoms with Crippen molar-refractivity contribution < 1.29 is 4.74 Å². The van der Waals surface area contributed by atoms with Gasteiger partial charge in [-0.25, -0.2) is 4.98 Å². The van der Waals surface area contributed by atoms with Crippen molar-refractivity contribution in [2.24, 2.45) is 0 Å². The maximum atomic E-state index is 5.78. The molecule has 0 N–H and O–H groups in total. The Morgan fingerprint density at radius 1 is 1.73 bits per heavy atom. The quantitative estimate of drug-likeness (QED) is 0.788. The van der Waals surface area contributed by atoms with E-state index >= 15 is 0 Å². The number of pyridine rings is 1. The molecule has 0 radical (unpaired) electrons. The summed E-state index contributed by atoms with van der Waals surface area (Å²) in [6.45, 7) is 2.49. The minimum absolute atomic E-state index is 0.542. The number of hydrogen-bond acceptors (Lipinski definition) is 2. The van der Waals surface area contributed by atoms with Gasteiger partial charge in [-0.1, -0.05) is 11.6 Å². The van der Waals surface area contributed by atoms with Gasteiger partial charge in [-0.15, -0.1) is 0 Å². The summed E-state index contributed by atoms with van der Waals surface area (Å²) >= 11 is 9.04. The molecule has 1 aromatic heterocycles. The Labute approximate surface area is 78.7 Å². The summed E-state index contributed by atoms with van der Waals surface area (Å²) in [5.74, 6) is 0.542. The molecule has 0 unspecified atom stereocenters. The number of rotatable bonds is 2. The van der Waals surface area contributed by atoms with Gasteiger partial charge in [0, 0.05) is 6.20 Å². The van der Waals surface area contributed by atoms with E-state index in [2.05, 4.69) is 20.9 Å². The predicted octanol–water partition coefficient (Wildman–Crippen LogP) is 2.90. The Hall–Kier alpha value is -0.280. The van der Waals surface area contributed by atoms with E-state index in [1.807, 2.05) is 6.92 Å². The summed E-state index contributed by atoms with van der Waals surface area (Å²) in [6.07, 6.45) is 1.61. The van der Waals surface area contributed by atoms with E-state index in [-0.39, 0.29) is 0 Å². The Balaban J connectivity index is 2.96. The zero-order chi connectivity index (χ0) is 8.27. The smallest absolute Gasteiger partial charge is 0.229 e. The monoisotopic (exact) mass is 235 g/mol. The van der Waals surface area contributed by atoms with E-state index in [0.29, 0.717) is 22.0 Å². The third-order valence-corrected chi connectivity index (χ3v) is 2.40. The van der Waals surface area contributed by atoms with Gasteiger partial charge in [0.1, 0.15) is 0 Å². The fourth-order valence-corrected chi connectivity index (χ4v) is 1.13. The molecule has 0 bridgehead atoms. The van der Waals surface area contributed by atoms with Crippen LogP contribution in [0.1, 0.15) is 6.92 Å². The van der Waals surface area contributed by atoms with E-state index in [1.54, 1.807) is 12.3 Å². The first-order valence-electron chi connectivity index (χ1n) is 3.18. The van der Waals surface area contributed by atoms with Gasteiger partial charge in [-0.2, -0.15) is 0 Å². The van der Waals surface area contributed by atoms with Crippen LogP contribution in [-0.2, 0) is 0 Å². The molecule has 0 atom stereocenters. The lowest BCUT2D eigenvalue weighted by Gasteiger charge is -2.03. The van der Waals surface area contributed by atoms with Gasteiger partial charge in [-0.05, 0) is 28.9 Å². The van der Waals surface area contributed by atoms with Crippen molar-refractivity contribution in [1.29, 1.82) is 0 Å². The number of nitrogens with zero attached hydrogens (tertiary/aromatic N) is 1. The normalized spacial score (nSPS) is 9.73. The molecule has 60 valence electrons. The van der Waals surface area contributed by atoms with Crippen LogP contribution >= 0.6 is 27.5 Å². The summed E-state index contributed by atoms with van der Waals surface area (Å²) < 4.78 is 5.89. The molecule has 1 aromatic rings. The van der Waals surface area contributed by atoms with Crippen molar-refractivity contribution in [2.75, 3.05) is 6.61 Å². The summed E-state index contributed by atoms with van der Waals surface area (Å²) in [7, 11) is 0. The molecule has 1 rings (SSSR count). The largest absolute Gasteiger partial charge is 0.477 e. The number of hydrogen-bond donors (Lipinski definition) is 0. The summed E-state index contributed by atoms with van der Waals surface area (Å²) in [6, 6.07) is 1.70. The molecule has 0 saturated carbocycles. The standard InChI is InChI=1S/C7H7BrClNO/c1-2-11-7-6(8)5(9)3-4-10-7/h3-4H,2H2,1H3. The van der Waals surface area contributed by atoms with E-state index in [0.717, 1.165) is 0 Å². The van der Waals surface area contributed by atoms with Gasteiger partial charge in [0.15, 0.2) is 0 Å². The van der Waals surface area contributed by atoms with E-state index < -0.39 is 0 Å². The third-order valence-electron chi connectivity index (χ3n) is 1.09. The van der Waals surface area contributed by atoms with Gasteiger partial charge in [0.2, 0.25) is 5.88 Å². The van der Waals surface area contributed by atoms with E-state index in [9.17, 15) is 0 Å². The van der Waals surface area contributed by atoms with Crippen LogP contribution in [0.15, 0.2) is 16.7 Å². The van der Waals surface area contributed by atoms with Crippen LogP contribution in [-0.4, -0.2) is 11.6 Å². The van der Waals surface area contributed by atoms with Crippen molar-refractivity contribution in [2.45, 2.75) is 6.92 Å². The highest BCUT2D eigenvalue weighted by Gasteiger charge is 2.04. The fourth-order valence-electron chi connectivity index (χ4n) is 0.640. The maximum absolute atomic E-state index is 5.78. The molecule has 0 aliphatic rings. The van der Waals surface area contributed by atoms with Crippen LogP contribution in [0.25, 0.3) is 0 Å². The van der Waals surface area contributed by atoms with E-state index in [1.165, 1.54) is 0 Å². The van der Waals surface area contributed by atoms with Crippen LogP contribution in [0, 0.1) is 0 Å². The molecule has 1 heterocycles. The van der Waals surface area contributed by atoms with Gasteiger partial charge >= 0.3 is 0 Å². The second-order valence-electron chi connectivity index (χ2n) is 1.84. The lowest BCUT2D eigenvalue weighted by atomic mass is 10.5. The predicted molar refractivity (Wildman–Crippen MR) is 48.1 cm³/mol. The average molecular weight is 236 g/mol. The molecular weight excluding hydrogens is 229 g/mol. The first-order chi connectivity index (χ1) is 5.25. The highest BCUT2D eigenvalue weighted by Crippen LogP contribution is 2.29. The minimum atomic E-state index is 0.542. The topological polar surface area (TPSA) is 22.1 Å². The van der Waals surface area contributed by atoms with Crippen molar-refractivity contribution in [1.82, 2.24) is 4.98 Å². The van der Waals surface area contributed by atoms with Crippen LogP contribution in [0.3, 0.4) is 0 Å². The summed E-state index contributed by atoms with van der Waals surface area (Å²) in [5, 5.41) is 0.614. The molecule has 0 aliphatic heterocycles. The van der Waals surface area contributed by atoms with Crippen molar-refractivity contribution in [3.63, 3.8) is 0 Å². The van der Waals surface area contributed by atoms with Gasteiger partial charge in [-0.3, -0.25) is 0 Å². The highest BCUT2D eigenvalue weighted by atomic mass is 79.9. The average Bonchev–Trinajstić information content (AvgIpc) is 1.99. The van der Waals surface area contributed by atoms with Crippen molar-refractivity contribution in [3.8, 4) is 5.88 Å². The number of aromatic nitrogens is 1. The second-order valence-corrected chi connectivity index (χ2v) is 3.05. The first-order valence-corrected chi connectivity index (χ1v) is 4.35. The molecule has 0 aliphatic carbocycles. The van der Waals surface area contributed by atoms with Crippen molar-refractivity contribution in [3.05, 3.63) is 21.8 Å². The molecule has 0 amide bonds. The van der Waals surface area contributed by atoms with E-state index in [4.69, 9.17) is 16.3 Å². The zero-order valence-electron chi connectivity index (χ0n) is 5.97. The Morgan fingerprint density at radius 2 is 2.45 bits per heavy atom. The highest BCUT2D eigenvalue weighted by molar-refractivity contribution is 9.10. The Morgan fingerprint density at radius 3 is 3.09 bits per heavy atom. The van der Waals surface area contributed by atoms with Crippen molar-refractivity contribution >= 4 is 27.5 Å². The molecule has 0 fully saturated rings. The Kier molecular flexibility index (Phi) is 3.15. The molecule has 0 spiro atoms. The van der Waals surface area contributed by atoms with Crippen LogP contribution in [0.2, 0.25) is 5.02 Å². The molecule has 0 saturated heterocycles. The molecule has 2 nitrogen and oxygen atoms in total. The van der Waals surface area contributed by atoms with Gasteiger partial charge < -0.3 is 4.74 Å². The number of halogens is 2. The first kappa shape index (κ1) is 8.81. The summed E-state index contributed by atoms with van der Waals surface area (Å²) in [4.78, 5) is 3.98. The lowest BCUT2D eigenvalue weighted by molar-refractivity contribution is 0.324. The molecule has 4 heteroatoms. The SMILES string of the molecule is CCOc1nccc(Cl)c1Br. The molecule has 0 aromatic carbocycles. The minimum Gasteiger partial charge on any atom is -0.477 e.